The van der Waals surface area contributed by atoms with E-state index in [4.69, 9.17) is 16.3 Å². The van der Waals surface area contributed by atoms with Gasteiger partial charge in [-0.15, -0.1) is 0 Å². The molecule has 1 saturated heterocycles. The Labute approximate surface area is 112 Å². The minimum absolute atomic E-state index is 0.108. The second-order valence-corrected chi connectivity index (χ2v) is 6.72. The lowest BCUT2D eigenvalue weighted by Gasteiger charge is -2.34. The second kappa shape index (κ2) is 5.13. The summed E-state index contributed by atoms with van der Waals surface area (Å²) in [5.74, 6) is 0. The molecule has 5 nitrogen and oxygen atoms in total. The highest BCUT2D eigenvalue weighted by molar-refractivity contribution is 7.89. The van der Waals surface area contributed by atoms with Gasteiger partial charge in [-0.1, -0.05) is 11.6 Å². The zero-order valence-corrected chi connectivity index (χ0v) is 11.8. The molecule has 0 amide bonds. The van der Waals surface area contributed by atoms with Crippen molar-refractivity contribution in [2.24, 2.45) is 0 Å². The largest absolute Gasteiger partial charge is 0.373 e. The zero-order valence-electron chi connectivity index (χ0n) is 10.2. The highest BCUT2D eigenvalue weighted by Crippen LogP contribution is 2.21. The normalized spacial score (nSPS) is 26.2. The summed E-state index contributed by atoms with van der Waals surface area (Å²) >= 11 is 5.65. The number of halogens is 1. The van der Waals surface area contributed by atoms with Gasteiger partial charge in [0.25, 0.3) is 0 Å². The summed E-state index contributed by atoms with van der Waals surface area (Å²) in [6.45, 7) is 4.43. The fourth-order valence-electron chi connectivity index (χ4n) is 1.99. The number of nitrogens with zero attached hydrogens (tertiary/aromatic N) is 2. The third-order valence-electron chi connectivity index (χ3n) is 2.72. The van der Waals surface area contributed by atoms with Crippen molar-refractivity contribution in [1.29, 1.82) is 0 Å². The maximum Gasteiger partial charge on any atom is 0.244 e. The van der Waals surface area contributed by atoms with Gasteiger partial charge in [0.2, 0.25) is 10.0 Å². The average molecular weight is 291 g/mol. The molecule has 0 saturated carbocycles. The smallest absolute Gasteiger partial charge is 0.244 e. The summed E-state index contributed by atoms with van der Waals surface area (Å²) in [5.41, 5.74) is 0. The fraction of sp³-hybridized carbons (Fsp3) is 0.545. The average Bonchev–Trinajstić information content (AvgIpc) is 2.28. The quantitative estimate of drug-likeness (QED) is 0.775. The van der Waals surface area contributed by atoms with Gasteiger partial charge in [-0.3, -0.25) is 0 Å². The summed E-state index contributed by atoms with van der Waals surface area (Å²) in [4.78, 5) is 3.97. The molecule has 0 aromatic carbocycles. The lowest BCUT2D eigenvalue weighted by molar-refractivity contribution is -0.0440. The molecule has 1 fully saturated rings. The first-order valence-electron chi connectivity index (χ1n) is 5.67. The van der Waals surface area contributed by atoms with Gasteiger partial charge in [0.15, 0.2) is 0 Å². The first kappa shape index (κ1) is 13.7. The van der Waals surface area contributed by atoms with Crippen LogP contribution in [0.15, 0.2) is 23.2 Å². The number of ether oxygens (including phenoxy) is 1. The van der Waals surface area contributed by atoms with Gasteiger partial charge >= 0.3 is 0 Å². The van der Waals surface area contributed by atoms with Crippen LogP contribution in [0.5, 0.6) is 0 Å². The van der Waals surface area contributed by atoms with E-state index >= 15 is 0 Å². The Morgan fingerprint density at radius 2 is 1.94 bits per heavy atom. The Morgan fingerprint density at radius 3 is 2.44 bits per heavy atom. The Balaban J connectivity index is 2.28. The van der Waals surface area contributed by atoms with Crippen molar-refractivity contribution in [3.8, 4) is 0 Å². The van der Waals surface area contributed by atoms with Crippen LogP contribution in [0.3, 0.4) is 0 Å². The molecule has 1 aromatic rings. The van der Waals surface area contributed by atoms with Crippen LogP contribution in [-0.2, 0) is 14.8 Å². The van der Waals surface area contributed by atoms with Crippen LogP contribution in [-0.4, -0.2) is 43.0 Å². The summed E-state index contributed by atoms with van der Waals surface area (Å²) < 4.78 is 31.7. The molecule has 0 N–H and O–H groups in total. The van der Waals surface area contributed by atoms with Crippen molar-refractivity contribution in [1.82, 2.24) is 9.29 Å². The molecule has 1 aliphatic rings. The summed E-state index contributed by atoms with van der Waals surface area (Å²) in [7, 11) is -3.51. The van der Waals surface area contributed by atoms with E-state index in [1.165, 1.54) is 22.6 Å². The predicted molar refractivity (Wildman–Crippen MR) is 68.0 cm³/mol. The maximum atomic E-state index is 12.4. The van der Waals surface area contributed by atoms with E-state index in [2.05, 4.69) is 4.98 Å². The van der Waals surface area contributed by atoms with Crippen LogP contribution in [0.25, 0.3) is 0 Å². The van der Waals surface area contributed by atoms with Crippen LogP contribution < -0.4 is 0 Å². The van der Waals surface area contributed by atoms with Crippen LogP contribution in [0.4, 0.5) is 0 Å². The van der Waals surface area contributed by atoms with Crippen LogP contribution in [0.1, 0.15) is 13.8 Å². The van der Waals surface area contributed by atoms with E-state index in [1.54, 1.807) is 0 Å². The van der Waals surface area contributed by atoms with Crippen molar-refractivity contribution in [2.45, 2.75) is 31.0 Å². The van der Waals surface area contributed by atoms with Gasteiger partial charge in [0.1, 0.15) is 10.0 Å². The topological polar surface area (TPSA) is 59.5 Å². The van der Waals surface area contributed by atoms with Crippen LogP contribution in [0, 0.1) is 0 Å². The number of hydrogen-bond donors (Lipinski definition) is 0. The molecule has 7 heteroatoms. The minimum Gasteiger partial charge on any atom is -0.373 e. The fourth-order valence-corrected chi connectivity index (χ4v) is 3.64. The lowest BCUT2D eigenvalue weighted by Crippen LogP contribution is -2.48. The Kier molecular flexibility index (Phi) is 3.91. The van der Waals surface area contributed by atoms with Gasteiger partial charge in [0.05, 0.1) is 12.2 Å². The monoisotopic (exact) mass is 290 g/mol. The maximum absolute atomic E-state index is 12.4. The summed E-state index contributed by atoms with van der Waals surface area (Å²) in [5, 5.41) is 0.276. The molecule has 2 rings (SSSR count). The molecule has 0 bridgehead atoms. The van der Waals surface area contributed by atoms with E-state index in [-0.39, 0.29) is 22.3 Å². The van der Waals surface area contributed by atoms with Crippen molar-refractivity contribution in [3.05, 3.63) is 23.5 Å². The molecule has 1 aromatic heterocycles. The highest BCUT2D eigenvalue weighted by atomic mass is 35.5. The number of hydrogen-bond acceptors (Lipinski definition) is 4. The van der Waals surface area contributed by atoms with Crippen LogP contribution in [0.2, 0.25) is 5.15 Å². The number of rotatable bonds is 2. The van der Waals surface area contributed by atoms with E-state index < -0.39 is 10.0 Å². The van der Waals surface area contributed by atoms with E-state index in [9.17, 15) is 8.42 Å². The van der Waals surface area contributed by atoms with Gasteiger partial charge in [0, 0.05) is 19.3 Å². The molecule has 18 heavy (non-hydrogen) atoms. The molecular formula is C11H15ClN2O3S. The van der Waals surface area contributed by atoms with E-state index in [1.807, 2.05) is 13.8 Å². The molecule has 100 valence electrons. The van der Waals surface area contributed by atoms with Gasteiger partial charge in [-0.25, -0.2) is 13.4 Å². The predicted octanol–water partition coefficient (Wildman–Crippen LogP) is 1.53. The minimum atomic E-state index is -3.51. The zero-order chi connectivity index (χ0) is 13.3. The summed E-state index contributed by atoms with van der Waals surface area (Å²) in [6, 6.07) is 2.94. The number of sulfonamides is 1. The molecule has 0 spiro atoms. The second-order valence-electron chi connectivity index (χ2n) is 4.40. The third kappa shape index (κ3) is 2.83. The van der Waals surface area contributed by atoms with Gasteiger partial charge < -0.3 is 4.74 Å². The molecule has 0 aliphatic carbocycles. The number of pyridine rings is 1. The molecular weight excluding hydrogens is 276 g/mol. The first-order chi connectivity index (χ1) is 8.39. The molecule has 1 aliphatic heterocycles. The Hall–Kier alpha value is -0.690. The van der Waals surface area contributed by atoms with Crippen molar-refractivity contribution >= 4 is 21.6 Å². The standard InChI is InChI=1S/C11H15ClN2O3S/c1-8-6-14(7-9(2)17-8)18(15,16)10-3-4-11(12)13-5-10/h3-5,8-9H,6-7H2,1-2H3/t8-,9-/m1/s1. The van der Waals surface area contributed by atoms with Crippen molar-refractivity contribution in [2.75, 3.05) is 13.1 Å². The van der Waals surface area contributed by atoms with Crippen LogP contribution >= 0.6 is 11.6 Å². The van der Waals surface area contributed by atoms with E-state index in [0.717, 1.165) is 0 Å². The highest BCUT2D eigenvalue weighted by Gasteiger charge is 2.32. The van der Waals surface area contributed by atoms with Gasteiger partial charge in [-0.2, -0.15) is 4.31 Å². The third-order valence-corrected chi connectivity index (χ3v) is 4.76. The lowest BCUT2D eigenvalue weighted by atomic mass is 10.3. The SMILES string of the molecule is C[C@@H]1CN(S(=O)(=O)c2ccc(Cl)nc2)C[C@@H](C)O1. The van der Waals surface area contributed by atoms with Crippen molar-refractivity contribution in [3.63, 3.8) is 0 Å². The number of morpholine rings is 1. The van der Waals surface area contributed by atoms with E-state index in [0.29, 0.717) is 13.1 Å². The Morgan fingerprint density at radius 1 is 1.33 bits per heavy atom. The Bertz CT molecular complexity index is 508. The molecule has 0 unspecified atom stereocenters. The van der Waals surface area contributed by atoms with Gasteiger partial charge in [-0.05, 0) is 26.0 Å². The molecule has 2 heterocycles. The van der Waals surface area contributed by atoms with Crippen molar-refractivity contribution < 1.29 is 13.2 Å². The summed E-state index contributed by atoms with van der Waals surface area (Å²) in [6.07, 6.45) is 1.07. The number of aromatic nitrogens is 1. The molecule has 2 atom stereocenters. The first-order valence-corrected chi connectivity index (χ1v) is 7.48. The molecule has 0 radical (unpaired) electrons.